The first-order chi connectivity index (χ1) is 22.0. The molecular weight excluding hydrogens is 714 g/mol. The number of H-pyrrole nitrogens is 2. The van der Waals surface area contributed by atoms with Gasteiger partial charge in [0.2, 0.25) is 11.9 Å². The fourth-order valence-corrected chi connectivity index (χ4v) is 7.62. The highest BCUT2D eigenvalue weighted by Crippen LogP contribution is 2.61. The lowest BCUT2D eigenvalue weighted by Crippen LogP contribution is -2.52. The van der Waals surface area contributed by atoms with E-state index >= 15 is 0 Å². The molecule has 256 valence electrons. The van der Waals surface area contributed by atoms with Gasteiger partial charge in [-0.3, -0.25) is 33.2 Å². The number of aromatic nitrogens is 6. The number of imidazole rings is 1. The summed E-state index contributed by atoms with van der Waals surface area (Å²) < 4.78 is 51.6. The van der Waals surface area contributed by atoms with E-state index in [1.165, 1.54) is 0 Å². The van der Waals surface area contributed by atoms with Gasteiger partial charge in [-0.25, -0.2) is 14.1 Å². The third-order valence-electron chi connectivity index (χ3n) is 7.05. The third-order valence-corrected chi connectivity index (χ3v) is 10.9. The van der Waals surface area contributed by atoms with Gasteiger partial charge in [0.1, 0.15) is 36.1 Å². The van der Waals surface area contributed by atoms with Crippen LogP contribution in [0, 0.1) is 0 Å². The van der Waals surface area contributed by atoms with Crippen molar-refractivity contribution in [2.75, 3.05) is 35.3 Å². The number of nitrogens with one attached hydrogen (secondary N) is 4. The smallest absolute Gasteiger partial charge is 0.387 e. The molecule has 3 aromatic rings. The van der Waals surface area contributed by atoms with E-state index in [-0.39, 0.29) is 44.4 Å². The maximum Gasteiger partial charge on any atom is 0.481 e. The number of anilines is 4. The topological polar surface area (TPSA) is 347 Å². The van der Waals surface area contributed by atoms with E-state index in [1.807, 2.05) is 0 Å². The zero-order valence-corrected chi connectivity index (χ0v) is 26.8. The van der Waals surface area contributed by atoms with Crippen LogP contribution in [0.1, 0.15) is 6.23 Å². The number of nitrogens with two attached hydrogens (primary N) is 2. The van der Waals surface area contributed by atoms with Crippen molar-refractivity contribution in [3.05, 3.63) is 36.8 Å². The monoisotopic (exact) mass is 740 g/mol. The van der Waals surface area contributed by atoms with Crippen LogP contribution in [0.25, 0.3) is 11.2 Å². The minimum atomic E-state index is -5.38. The Hall–Kier alpha value is -3.03. The van der Waals surface area contributed by atoms with Crippen LogP contribution in [-0.4, -0.2) is 99.4 Å². The molecule has 23 nitrogen and oxygen atoms in total. The quantitative estimate of drug-likeness (QED) is 0.0828. The minimum absolute atomic E-state index is 0.0629. The van der Waals surface area contributed by atoms with Gasteiger partial charge >= 0.3 is 15.6 Å². The fourth-order valence-electron chi connectivity index (χ4n) is 4.92. The normalized spacial score (nSPS) is 29.8. The number of aromatic amines is 2. The molecular formula is C20H26N10O13P2S2. The third kappa shape index (κ3) is 6.67. The molecule has 0 saturated carbocycles. The molecule has 5 unspecified atom stereocenters. The second-order valence-electron chi connectivity index (χ2n) is 10.2. The number of hydrogen-bond donors (Lipinski definition) is 12. The predicted octanol–water partition coefficient (Wildman–Crippen LogP) is -2.06. The summed E-state index contributed by atoms with van der Waals surface area (Å²) in [6.07, 6.45) is -7.25. The Morgan fingerprint density at radius 1 is 0.936 bits per heavy atom. The molecule has 1 fully saturated rings. The summed E-state index contributed by atoms with van der Waals surface area (Å²) in [6.45, 7) is -1.66. The van der Waals surface area contributed by atoms with Crippen molar-refractivity contribution in [2.45, 2.75) is 42.9 Å². The zero-order valence-electron chi connectivity index (χ0n) is 23.2. The molecule has 1 saturated heterocycles. The first-order valence-electron chi connectivity index (χ1n) is 13.1. The first-order valence-corrected chi connectivity index (χ1v) is 17.0. The molecule has 3 aliphatic rings. The molecule has 27 heteroatoms. The lowest BCUT2D eigenvalue weighted by atomic mass is 10.1. The maximum atomic E-state index is 12.6. The van der Waals surface area contributed by atoms with Crippen molar-refractivity contribution in [3.63, 3.8) is 0 Å². The Bertz CT molecular complexity index is 1970. The highest BCUT2D eigenvalue weighted by atomic mass is 32.1. The van der Waals surface area contributed by atoms with Gasteiger partial charge < -0.3 is 51.6 Å². The number of hydrogen-bond acceptors (Lipinski definition) is 20. The summed E-state index contributed by atoms with van der Waals surface area (Å²) in [5.41, 5.74) is 9.76. The number of nitrogens with zero attached hydrogens (tertiary/aromatic N) is 4. The van der Waals surface area contributed by atoms with Gasteiger partial charge in [0.05, 0.1) is 19.5 Å². The van der Waals surface area contributed by atoms with Crippen molar-refractivity contribution in [3.8, 4) is 0 Å². The van der Waals surface area contributed by atoms with E-state index in [9.17, 15) is 38.7 Å². The van der Waals surface area contributed by atoms with Crippen LogP contribution in [0.5, 0.6) is 0 Å². The summed E-state index contributed by atoms with van der Waals surface area (Å²) in [6, 6.07) is -0.736. The Morgan fingerprint density at radius 2 is 1.60 bits per heavy atom. The lowest BCUT2D eigenvalue weighted by Gasteiger charge is -2.41. The van der Waals surface area contributed by atoms with Crippen molar-refractivity contribution >= 4 is 75.5 Å². The van der Waals surface area contributed by atoms with Gasteiger partial charge in [0.15, 0.2) is 29.4 Å². The molecule has 6 heterocycles. The van der Waals surface area contributed by atoms with Crippen LogP contribution >= 0.6 is 40.9 Å². The summed E-state index contributed by atoms with van der Waals surface area (Å²) in [7, 11) is -10.7. The van der Waals surface area contributed by atoms with Crippen molar-refractivity contribution in [1.82, 2.24) is 29.5 Å². The van der Waals surface area contributed by atoms with E-state index in [0.717, 1.165) is 10.9 Å². The van der Waals surface area contributed by atoms with Crippen LogP contribution in [0.4, 0.5) is 23.4 Å². The number of aliphatic hydroxyl groups is 2. The number of ether oxygens (including phenoxy) is 2. The summed E-state index contributed by atoms with van der Waals surface area (Å²) in [5.74, 6) is -0.358. The molecule has 3 aliphatic heterocycles. The van der Waals surface area contributed by atoms with Gasteiger partial charge in [-0.15, -0.1) is 25.3 Å². The summed E-state index contributed by atoms with van der Waals surface area (Å²) >= 11 is 8.75. The Kier molecular flexibility index (Phi) is 8.97. The fraction of sp³-hybridized carbons (Fsp3) is 0.450. The molecule has 0 bridgehead atoms. The molecule has 6 rings (SSSR count). The van der Waals surface area contributed by atoms with E-state index in [2.05, 4.69) is 65.1 Å². The number of fused-ring (bicyclic) bond motifs is 3. The van der Waals surface area contributed by atoms with Gasteiger partial charge in [-0.1, -0.05) is 0 Å². The van der Waals surface area contributed by atoms with E-state index < -0.39 is 82.9 Å². The average Bonchev–Trinajstić information content (AvgIpc) is 3.52. The number of aliphatic hydroxyl groups excluding tert-OH is 2. The second-order valence-corrected chi connectivity index (χ2v) is 14.2. The number of nitrogen functional groups attached to an aromatic ring is 2. The van der Waals surface area contributed by atoms with Gasteiger partial charge in [0, 0.05) is 9.81 Å². The standard InChI is InChI=1S/C20H26N10O13P2S2/c21-19-26-13-7(15(33)28-19)24-6-12(47)11(46)5(41-17(6)25-13)2-40-45(37,38)43-44(35,36)39-1-4-9(31)10(32)18(42-4)30-3-23-8-14(30)27-20(22)29-16(8)34/h3-6,9-10,17-18,24,31-32,46-47H,1-2H2,(H,35,36)(H,37,38)(H3,22,27,29,34)(H4,21,25,26,28,33)/t4-,5?,6?,9-,10-,17?,18-/m1/s1. The SMILES string of the molecule is Nc1nc2c(c(=O)[nH]1)NC1C(S)=C(S)C(COP(=O)(O)OP(=O)(O)OC[C@H]3O[C@@H](n4cnc5c(=O)[nH]c(N)nc54)[C@H](O)[C@@H]3O)OC1N2. The number of rotatable bonds is 9. The molecule has 0 aromatic carbocycles. The van der Waals surface area contributed by atoms with Crippen molar-refractivity contribution in [1.29, 1.82) is 0 Å². The highest BCUT2D eigenvalue weighted by Gasteiger charge is 2.47. The zero-order chi connectivity index (χ0) is 34.0. The van der Waals surface area contributed by atoms with Crippen LogP contribution in [0.2, 0.25) is 0 Å². The van der Waals surface area contributed by atoms with Crippen molar-refractivity contribution in [2.24, 2.45) is 0 Å². The second kappa shape index (κ2) is 12.5. The summed E-state index contributed by atoms with van der Waals surface area (Å²) in [5, 5.41) is 26.8. The van der Waals surface area contributed by atoms with E-state index in [4.69, 9.17) is 30.0 Å². The Labute approximate surface area is 271 Å². The van der Waals surface area contributed by atoms with E-state index in [1.54, 1.807) is 0 Å². The molecule has 0 amide bonds. The van der Waals surface area contributed by atoms with Gasteiger partial charge in [-0.2, -0.15) is 14.3 Å². The number of phosphoric ester groups is 2. The Morgan fingerprint density at radius 3 is 2.32 bits per heavy atom. The molecule has 0 spiro atoms. The molecule has 3 aromatic heterocycles. The average molecular weight is 741 g/mol. The predicted molar refractivity (Wildman–Crippen MR) is 165 cm³/mol. The molecule has 12 N–H and O–H groups in total. The van der Waals surface area contributed by atoms with Crippen molar-refractivity contribution < 1.29 is 52.0 Å². The van der Waals surface area contributed by atoms with Crippen LogP contribution in [0.3, 0.4) is 0 Å². The molecule has 9 atom stereocenters. The minimum Gasteiger partial charge on any atom is -0.387 e. The molecule has 47 heavy (non-hydrogen) atoms. The highest BCUT2D eigenvalue weighted by molar-refractivity contribution is 7.88. The Balaban J connectivity index is 1.06. The lowest BCUT2D eigenvalue weighted by molar-refractivity contribution is -0.0506. The van der Waals surface area contributed by atoms with Gasteiger partial charge in [-0.05, 0) is 0 Å². The number of phosphoric acid groups is 2. The maximum absolute atomic E-state index is 12.6. The number of thiol groups is 2. The first kappa shape index (κ1) is 33.9. The summed E-state index contributed by atoms with van der Waals surface area (Å²) in [4.78, 5) is 61.4. The van der Waals surface area contributed by atoms with Gasteiger partial charge in [0.25, 0.3) is 11.1 Å². The largest absolute Gasteiger partial charge is 0.481 e. The van der Waals surface area contributed by atoms with Crippen LogP contribution in [0.15, 0.2) is 25.7 Å². The van der Waals surface area contributed by atoms with Crippen LogP contribution in [-0.2, 0) is 32.0 Å². The molecule has 0 aliphatic carbocycles. The van der Waals surface area contributed by atoms with E-state index in [0.29, 0.717) is 0 Å². The molecule has 0 radical (unpaired) electrons. The van der Waals surface area contributed by atoms with Crippen LogP contribution < -0.4 is 33.2 Å².